The van der Waals surface area contributed by atoms with Gasteiger partial charge in [0.05, 0.1) is 5.69 Å². The molecule has 1 atom stereocenters. The van der Waals surface area contributed by atoms with E-state index in [2.05, 4.69) is 37.2 Å². The molecular weight excluding hydrogens is 284 g/mol. The van der Waals surface area contributed by atoms with Crippen LogP contribution in [0, 0.1) is 0 Å². The zero-order valence-corrected chi connectivity index (χ0v) is 11.0. The molecule has 2 rings (SSSR count). The summed E-state index contributed by atoms with van der Waals surface area (Å²) in [6.45, 7) is 0. The lowest BCUT2D eigenvalue weighted by Gasteiger charge is -2.21. The highest BCUT2D eigenvalue weighted by Crippen LogP contribution is 2.39. The van der Waals surface area contributed by atoms with Gasteiger partial charge < -0.3 is 0 Å². The molecule has 1 unspecified atom stereocenters. The van der Waals surface area contributed by atoms with Crippen molar-refractivity contribution in [1.82, 2.24) is 0 Å². The van der Waals surface area contributed by atoms with Crippen LogP contribution in [0.2, 0.25) is 0 Å². The summed E-state index contributed by atoms with van der Waals surface area (Å²) in [5.74, 6) is 0. The zero-order chi connectivity index (χ0) is 11.3. The molecule has 0 heterocycles. The molecule has 4 heteroatoms. The number of rotatable bonds is 3. The fourth-order valence-electron chi connectivity index (χ4n) is 1.37. The summed E-state index contributed by atoms with van der Waals surface area (Å²) in [5.41, 5.74) is 0.881. The van der Waals surface area contributed by atoms with Crippen molar-refractivity contribution in [3.8, 4) is 0 Å². The summed E-state index contributed by atoms with van der Waals surface area (Å²) in [7, 11) is 1.53. The first-order valence-electron chi connectivity index (χ1n) is 4.97. The summed E-state index contributed by atoms with van der Waals surface area (Å²) >= 11 is 3.42. The minimum absolute atomic E-state index is 0.301. The summed E-state index contributed by atoms with van der Waals surface area (Å²) < 4.78 is 0. The molecule has 0 radical (unpaired) electrons. The number of allylic oxidation sites excluding steroid dienone is 2. The molecule has 1 aromatic rings. The molecule has 0 aliphatic heterocycles. The van der Waals surface area contributed by atoms with E-state index in [9.17, 15) is 0 Å². The first-order chi connectivity index (χ1) is 7.85. The van der Waals surface area contributed by atoms with Crippen LogP contribution < -0.4 is 0 Å². The summed E-state index contributed by atoms with van der Waals surface area (Å²) in [5, 5.41) is 8.67. The highest BCUT2D eigenvalue weighted by molar-refractivity contribution is 9.50. The maximum Gasteiger partial charge on any atom is 0.159 e. The number of hydrogen-bond acceptors (Lipinski definition) is 3. The Balaban J connectivity index is 2.16. The molecule has 0 spiro atoms. The van der Waals surface area contributed by atoms with Crippen LogP contribution in [0.3, 0.4) is 0 Å². The van der Waals surface area contributed by atoms with E-state index < -0.39 is 0 Å². The van der Waals surface area contributed by atoms with Crippen LogP contribution in [-0.2, 0) is 0 Å². The smallest absolute Gasteiger partial charge is 0.159 e. The van der Waals surface area contributed by atoms with Gasteiger partial charge >= 0.3 is 0 Å². The van der Waals surface area contributed by atoms with Gasteiger partial charge in [0.15, 0.2) is 4.87 Å². The largest absolute Gasteiger partial charge is 0.165 e. The number of nitrogens with zero attached hydrogens (tertiary/aromatic N) is 2. The fraction of sp³-hybridized carbons (Fsp3) is 0.167. The van der Waals surface area contributed by atoms with Crippen LogP contribution in [-0.4, -0.2) is 4.87 Å². The van der Waals surface area contributed by atoms with Gasteiger partial charge in [-0.3, -0.25) is 0 Å². The third-order valence-electron chi connectivity index (χ3n) is 2.24. The number of azo groups is 1. The molecule has 0 saturated carbocycles. The summed E-state index contributed by atoms with van der Waals surface area (Å²) in [4.78, 5) is -0.301. The van der Waals surface area contributed by atoms with Crippen molar-refractivity contribution in [2.24, 2.45) is 10.2 Å². The maximum absolute atomic E-state index is 4.41. The lowest BCUT2D eigenvalue weighted by molar-refractivity contribution is 0.720. The molecule has 0 bridgehead atoms. The molecule has 0 amide bonds. The van der Waals surface area contributed by atoms with Gasteiger partial charge in [-0.2, -0.15) is 10.2 Å². The van der Waals surface area contributed by atoms with Crippen molar-refractivity contribution < 1.29 is 0 Å². The maximum atomic E-state index is 4.41. The molecular formula is C12H11BrN2S. The van der Waals surface area contributed by atoms with Crippen molar-refractivity contribution in [3.05, 3.63) is 54.6 Å². The van der Waals surface area contributed by atoms with Crippen molar-refractivity contribution in [1.29, 1.82) is 0 Å². The first-order valence-corrected chi connectivity index (χ1v) is 7.63. The molecule has 1 aliphatic rings. The molecule has 0 N–H and O–H groups in total. The van der Waals surface area contributed by atoms with Crippen molar-refractivity contribution in [2.45, 2.75) is 11.3 Å². The minimum Gasteiger partial charge on any atom is -0.165 e. The van der Waals surface area contributed by atoms with Gasteiger partial charge in [-0.05, 0) is 43.2 Å². The number of halogens is 1. The molecule has 0 saturated heterocycles. The van der Waals surface area contributed by atoms with E-state index in [0.29, 0.717) is 0 Å². The Hall–Kier alpha value is -0.870. The Bertz CT molecular complexity index is 428. The van der Waals surface area contributed by atoms with Gasteiger partial charge in [0.1, 0.15) is 0 Å². The van der Waals surface area contributed by atoms with Gasteiger partial charge in [0, 0.05) is 6.42 Å². The average molecular weight is 295 g/mol. The van der Waals surface area contributed by atoms with Crippen LogP contribution in [0.25, 0.3) is 0 Å². The Labute approximate surface area is 107 Å². The second kappa shape index (κ2) is 5.46. The van der Waals surface area contributed by atoms with Gasteiger partial charge in [0.25, 0.3) is 0 Å². The highest BCUT2D eigenvalue weighted by Gasteiger charge is 2.26. The van der Waals surface area contributed by atoms with Crippen LogP contribution in [0.4, 0.5) is 5.69 Å². The van der Waals surface area contributed by atoms with Crippen molar-refractivity contribution in [2.75, 3.05) is 0 Å². The standard InChI is InChI=1S/C12H11BrN2S/c13-16-12(9-5-2-6-10-12)15-14-11-7-3-1-4-8-11/h1-9H,10H2/b15-14+. The van der Waals surface area contributed by atoms with E-state index in [-0.39, 0.29) is 4.87 Å². The molecule has 1 aromatic carbocycles. The number of benzene rings is 1. The quantitative estimate of drug-likeness (QED) is 0.718. The monoisotopic (exact) mass is 294 g/mol. The predicted octanol–water partition coefficient (Wildman–Crippen LogP) is 5.03. The topological polar surface area (TPSA) is 24.7 Å². The van der Waals surface area contributed by atoms with Crippen LogP contribution in [0.1, 0.15) is 6.42 Å². The average Bonchev–Trinajstić information content (AvgIpc) is 2.39. The van der Waals surface area contributed by atoms with Crippen LogP contribution >= 0.6 is 25.0 Å². The van der Waals surface area contributed by atoms with E-state index in [1.54, 1.807) is 0 Å². The van der Waals surface area contributed by atoms with E-state index >= 15 is 0 Å². The molecule has 1 aliphatic carbocycles. The van der Waals surface area contributed by atoms with Gasteiger partial charge in [-0.25, -0.2) is 0 Å². The second-order valence-corrected chi connectivity index (χ2v) is 5.28. The Morgan fingerprint density at radius 2 is 2.00 bits per heavy atom. The van der Waals surface area contributed by atoms with E-state index in [4.69, 9.17) is 0 Å². The van der Waals surface area contributed by atoms with Gasteiger partial charge in [-0.1, -0.05) is 36.4 Å². The number of hydrogen-bond donors (Lipinski definition) is 0. The van der Waals surface area contributed by atoms with Crippen LogP contribution in [0.5, 0.6) is 0 Å². The highest BCUT2D eigenvalue weighted by atomic mass is 79.9. The zero-order valence-electron chi connectivity index (χ0n) is 8.58. The summed E-state index contributed by atoms with van der Waals surface area (Å²) in [6, 6.07) is 9.77. The lowest BCUT2D eigenvalue weighted by atomic mass is 10.1. The molecule has 82 valence electrons. The second-order valence-electron chi connectivity index (χ2n) is 3.45. The van der Waals surface area contributed by atoms with Crippen molar-refractivity contribution in [3.63, 3.8) is 0 Å². The Morgan fingerprint density at radius 1 is 1.19 bits per heavy atom. The Kier molecular flexibility index (Phi) is 3.96. The van der Waals surface area contributed by atoms with Gasteiger partial charge in [-0.15, -0.1) is 0 Å². The molecule has 2 nitrogen and oxygen atoms in total. The molecule has 16 heavy (non-hydrogen) atoms. The molecule has 0 aromatic heterocycles. The molecule has 0 fully saturated rings. The van der Waals surface area contributed by atoms with E-state index in [1.807, 2.05) is 42.5 Å². The van der Waals surface area contributed by atoms with Gasteiger partial charge in [0.2, 0.25) is 0 Å². The third-order valence-corrected chi connectivity index (χ3v) is 4.57. The first kappa shape index (κ1) is 11.6. The third kappa shape index (κ3) is 2.83. The fourth-order valence-corrected chi connectivity index (χ4v) is 2.65. The van der Waals surface area contributed by atoms with E-state index in [0.717, 1.165) is 12.1 Å². The SMILES string of the molecule is BrSC1(/N=N/c2ccccc2)C=CC=CC1. The summed E-state index contributed by atoms with van der Waals surface area (Å²) in [6.07, 6.45) is 9.04. The van der Waals surface area contributed by atoms with Crippen molar-refractivity contribution >= 4 is 30.7 Å². The van der Waals surface area contributed by atoms with Crippen LogP contribution in [0.15, 0.2) is 64.9 Å². The lowest BCUT2D eigenvalue weighted by Crippen LogP contribution is -2.16. The predicted molar refractivity (Wildman–Crippen MR) is 73.1 cm³/mol. The minimum atomic E-state index is -0.301. The normalized spacial score (nSPS) is 24.1. The Morgan fingerprint density at radius 3 is 2.62 bits per heavy atom. The van der Waals surface area contributed by atoms with E-state index in [1.165, 1.54) is 10.2 Å².